The number of hydrogen-bond acceptors (Lipinski definition) is 5. The Kier molecular flexibility index (Phi) is 4.40. The molecule has 0 spiro atoms. The molecule has 1 amide bonds. The summed E-state index contributed by atoms with van der Waals surface area (Å²) in [5.74, 6) is -0.164. The van der Waals surface area contributed by atoms with Crippen molar-refractivity contribution in [2.75, 3.05) is 0 Å². The van der Waals surface area contributed by atoms with Crippen LogP contribution in [0.15, 0.2) is 30.7 Å². The Labute approximate surface area is 138 Å². The highest BCUT2D eigenvalue weighted by atomic mass is 32.1. The van der Waals surface area contributed by atoms with E-state index in [1.807, 2.05) is 36.6 Å². The van der Waals surface area contributed by atoms with Gasteiger partial charge >= 0.3 is 0 Å². The number of nitrogens with one attached hydrogen (secondary N) is 1. The number of thiazole rings is 1. The van der Waals surface area contributed by atoms with Crippen LogP contribution < -0.4 is 11.1 Å². The number of nitrogens with zero attached hydrogens (tertiary/aromatic N) is 3. The van der Waals surface area contributed by atoms with Crippen LogP contribution in [0.2, 0.25) is 0 Å². The van der Waals surface area contributed by atoms with E-state index in [-0.39, 0.29) is 5.91 Å². The van der Waals surface area contributed by atoms with Crippen molar-refractivity contribution >= 4 is 22.2 Å². The summed E-state index contributed by atoms with van der Waals surface area (Å²) in [6.07, 6.45) is 5.93. The molecule has 0 saturated carbocycles. The van der Waals surface area contributed by atoms with Gasteiger partial charge in [-0.3, -0.25) is 14.2 Å². The number of carbonyl (C=O) groups is 1. The van der Waals surface area contributed by atoms with Crippen LogP contribution in [0.25, 0.3) is 4.96 Å². The fourth-order valence-electron chi connectivity index (χ4n) is 2.49. The molecule has 0 aromatic carbocycles. The zero-order valence-electron chi connectivity index (χ0n) is 13.1. The van der Waals surface area contributed by atoms with Gasteiger partial charge in [-0.25, -0.2) is 4.98 Å². The molecular weight excluding hydrogens is 310 g/mol. The summed E-state index contributed by atoms with van der Waals surface area (Å²) in [7, 11) is 0. The number of pyridine rings is 1. The van der Waals surface area contributed by atoms with Crippen molar-refractivity contribution in [1.29, 1.82) is 0 Å². The normalized spacial score (nSPS) is 12.5. The second-order valence-electron chi connectivity index (χ2n) is 5.52. The van der Waals surface area contributed by atoms with Gasteiger partial charge in [0.2, 0.25) is 5.91 Å². The van der Waals surface area contributed by atoms with Gasteiger partial charge in [0.05, 0.1) is 24.0 Å². The fraction of sp³-hybridized carbons (Fsp3) is 0.312. The second-order valence-corrected chi connectivity index (χ2v) is 6.74. The van der Waals surface area contributed by atoms with E-state index in [9.17, 15) is 4.79 Å². The van der Waals surface area contributed by atoms with Gasteiger partial charge in [0, 0.05) is 23.5 Å². The highest BCUT2D eigenvalue weighted by molar-refractivity contribution is 7.17. The van der Waals surface area contributed by atoms with E-state index in [0.29, 0.717) is 13.0 Å². The summed E-state index contributed by atoms with van der Waals surface area (Å²) in [6.45, 7) is 4.42. The fourth-order valence-corrected chi connectivity index (χ4v) is 3.38. The van der Waals surface area contributed by atoms with Gasteiger partial charge in [0.25, 0.3) is 0 Å². The van der Waals surface area contributed by atoms with Crippen LogP contribution >= 0.6 is 11.3 Å². The number of imidazole rings is 1. The Morgan fingerprint density at radius 2 is 2.13 bits per heavy atom. The number of carbonyl (C=O) groups excluding carboxylic acids is 1. The van der Waals surface area contributed by atoms with E-state index in [1.165, 1.54) is 4.88 Å². The molecule has 1 atom stereocenters. The van der Waals surface area contributed by atoms with Crippen LogP contribution in [-0.4, -0.2) is 26.3 Å². The first-order chi connectivity index (χ1) is 11.0. The molecule has 120 valence electrons. The summed E-state index contributed by atoms with van der Waals surface area (Å²) in [6, 6.07) is 3.16. The Hall–Kier alpha value is -2.25. The second kappa shape index (κ2) is 6.47. The number of nitrogens with two attached hydrogens (primary N) is 1. The highest BCUT2D eigenvalue weighted by Gasteiger charge is 2.16. The third-order valence-corrected chi connectivity index (χ3v) is 4.61. The number of aromatic nitrogens is 3. The highest BCUT2D eigenvalue weighted by Crippen LogP contribution is 2.20. The van der Waals surface area contributed by atoms with E-state index >= 15 is 0 Å². The third kappa shape index (κ3) is 3.40. The maximum Gasteiger partial charge on any atom is 0.237 e. The molecule has 23 heavy (non-hydrogen) atoms. The molecule has 3 rings (SSSR count). The van der Waals surface area contributed by atoms with E-state index in [1.54, 1.807) is 23.7 Å². The summed E-state index contributed by atoms with van der Waals surface area (Å²) < 4.78 is 2.03. The largest absolute Gasteiger partial charge is 0.349 e. The van der Waals surface area contributed by atoms with Crippen molar-refractivity contribution in [3.05, 3.63) is 52.6 Å². The van der Waals surface area contributed by atoms with E-state index in [0.717, 1.165) is 21.9 Å². The number of hydrogen-bond donors (Lipinski definition) is 2. The summed E-state index contributed by atoms with van der Waals surface area (Å²) in [4.78, 5) is 22.8. The van der Waals surface area contributed by atoms with E-state index in [4.69, 9.17) is 5.73 Å². The minimum Gasteiger partial charge on any atom is -0.349 e. The predicted molar refractivity (Wildman–Crippen MR) is 90.3 cm³/mol. The minimum absolute atomic E-state index is 0.164. The molecule has 3 aromatic rings. The maximum absolute atomic E-state index is 12.2. The van der Waals surface area contributed by atoms with Crippen LogP contribution in [0, 0.1) is 13.8 Å². The lowest BCUT2D eigenvalue weighted by atomic mass is 10.1. The molecule has 6 nitrogen and oxygen atoms in total. The molecule has 0 saturated heterocycles. The molecule has 3 aromatic heterocycles. The van der Waals surface area contributed by atoms with Crippen molar-refractivity contribution < 1.29 is 4.79 Å². The van der Waals surface area contributed by atoms with Gasteiger partial charge < -0.3 is 11.1 Å². The van der Waals surface area contributed by atoms with E-state index < -0.39 is 6.04 Å². The van der Waals surface area contributed by atoms with Crippen molar-refractivity contribution in [3.63, 3.8) is 0 Å². The standard InChI is InChI=1S/C16H19N5OS/c1-10-9-21-14(11(2)20-16(21)23-10)8-19-15(22)13(17)7-12-3-5-18-6-4-12/h3-6,9,13H,7-8,17H2,1-2H3,(H,19,22)/t13-/m0/s1. The SMILES string of the molecule is Cc1cn2c(CNC(=O)[C@@H](N)Cc3ccncc3)c(C)nc2s1. The third-order valence-electron chi connectivity index (χ3n) is 3.71. The first kappa shape index (κ1) is 15.6. The molecule has 0 bridgehead atoms. The predicted octanol–water partition coefficient (Wildman–Crippen LogP) is 1.59. The van der Waals surface area contributed by atoms with Gasteiger partial charge in [-0.1, -0.05) is 0 Å². The van der Waals surface area contributed by atoms with Crippen LogP contribution in [0.1, 0.15) is 21.8 Å². The Morgan fingerprint density at radius 3 is 2.87 bits per heavy atom. The van der Waals surface area contributed by atoms with Crippen LogP contribution in [0.4, 0.5) is 0 Å². The minimum atomic E-state index is -0.578. The first-order valence-electron chi connectivity index (χ1n) is 7.41. The summed E-state index contributed by atoms with van der Waals surface area (Å²) >= 11 is 1.64. The smallest absolute Gasteiger partial charge is 0.237 e. The Balaban J connectivity index is 1.64. The Morgan fingerprint density at radius 1 is 1.39 bits per heavy atom. The van der Waals surface area contributed by atoms with Gasteiger partial charge in [-0.15, -0.1) is 11.3 Å². The molecule has 3 heterocycles. The first-order valence-corrected chi connectivity index (χ1v) is 8.22. The van der Waals surface area contributed by atoms with E-state index in [2.05, 4.69) is 15.3 Å². The van der Waals surface area contributed by atoms with Gasteiger partial charge in [0.15, 0.2) is 4.96 Å². The molecular formula is C16H19N5OS. The molecule has 0 aliphatic heterocycles. The summed E-state index contributed by atoms with van der Waals surface area (Å²) in [5, 5.41) is 2.91. The molecule has 0 unspecified atom stereocenters. The molecule has 0 radical (unpaired) electrons. The van der Waals surface area contributed by atoms with Gasteiger partial charge in [-0.2, -0.15) is 0 Å². The quantitative estimate of drug-likeness (QED) is 0.744. The van der Waals surface area contributed by atoms with Crippen molar-refractivity contribution in [2.24, 2.45) is 5.73 Å². The molecule has 0 aliphatic carbocycles. The zero-order chi connectivity index (χ0) is 16.4. The van der Waals surface area contributed by atoms with Crippen molar-refractivity contribution in [2.45, 2.75) is 32.9 Å². The number of rotatable bonds is 5. The van der Waals surface area contributed by atoms with Gasteiger partial charge in [-0.05, 0) is 38.0 Å². The van der Waals surface area contributed by atoms with Crippen LogP contribution in [-0.2, 0) is 17.8 Å². The van der Waals surface area contributed by atoms with Crippen molar-refractivity contribution in [1.82, 2.24) is 19.7 Å². The topological polar surface area (TPSA) is 85.3 Å². The number of aryl methyl sites for hydroxylation is 2. The van der Waals surface area contributed by atoms with Gasteiger partial charge in [0.1, 0.15) is 0 Å². The average molecular weight is 329 g/mol. The van der Waals surface area contributed by atoms with Crippen LogP contribution in [0.5, 0.6) is 0 Å². The lowest BCUT2D eigenvalue weighted by Gasteiger charge is -2.12. The Bertz CT molecular complexity index is 824. The van der Waals surface area contributed by atoms with Crippen LogP contribution in [0.3, 0.4) is 0 Å². The molecule has 7 heteroatoms. The molecule has 0 fully saturated rings. The average Bonchev–Trinajstić information content (AvgIpc) is 3.01. The summed E-state index contributed by atoms with van der Waals surface area (Å²) in [5.41, 5.74) is 8.91. The lowest BCUT2D eigenvalue weighted by molar-refractivity contribution is -0.122. The molecule has 0 aliphatic rings. The molecule has 3 N–H and O–H groups in total. The number of amides is 1. The van der Waals surface area contributed by atoms with Crippen molar-refractivity contribution in [3.8, 4) is 0 Å². The number of fused-ring (bicyclic) bond motifs is 1. The maximum atomic E-state index is 12.2. The monoisotopic (exact) mass is 329 g/mol. The lowest BCUT2D eigenvalue weighted by Crippen LogP contribution is -2.41. The zero-order valence-corrected chi connectivity index (χ0v) is 13.9.